The maximum atomic E-state index is 11.4. The van der Waals surface area contributed by atoms with Crippen molar-refractivity contribution in [2.24, 2.45) is 5.73 Å². The van der Waals surface area contributed by atoms with E-state index in [2.05, 4.69) is 134 Å². The van der Waals surface area contributed by atoms with Gasteiger partial charge in [0, 0.05) is 33.5 Å². The second kappa shape index (κ2) is 27.4. The van der Waals surface area contributed by atoms with Gasteiger partial charge in [-0.2, -0.15) is 0 Å². The number of hydrogen-bond donors (Lipinski definition) is 6. The lowest BCUT2D eigenvalue weighted by molar-refractivity contribution is -0.135. The van der Waals surface area contributed by atoms with Crippen molar-refractivity contribution >= 4 is 129 Å². The largest absolute Gasteiger partial charge is 0.480 e. The molecule has 22 heteroatoms. The van der Waals surface area contributed by atoms with Crippen LogP contribution in [0.25, 0.3) is 20.4 Å². The summed E-state index contributed by atoms with van der Waals surface area (Å²) in [5.74, 6) is -0.914. The van der Waals surface area contributed by atoms with Crippen molar-refractivity contribution < 1.29 is 29.1 Å². The highest BCUT2D eigenvalue weighted by molar-refractivity contribution is 8.24. The second-order valence-corrected chi connectivity index (χ2v) is 24.8. The van der Waals surface area contributed by atoms with Crippen LogP contribution in [0.4, 0.5) is 5.69 Å². The van der Waals surface area contributed by atoms with Gasteiger partial charge in [-0.05, 0) is 81.8 Å². The number of nitrogens with zero attached hydrogens (tertiary/aromatic N) is 3. The summed E-state index contributed by atoms with van der Waals surface area (Å²) in [6.45, 7) is 26.2. The van der Waals surface area contributed by atoms with Crippen LogP contribution in [0.5, 0.6) is 0 Å². The molecule has 14 nitrogen and oxygen atoms in total. The van der Waals surface area contributed by atoms with Gasteiger partial charge in [0.2, 0.25) is 0 Å². The molecular weight excluding hydrogens is 923 g/mol. The molecule has 0 amide bonds. The molecule has 0 atom stereocenters. The predicted octanol–water partition coefficient (Wildman–Crippen LogP) is 10.9. The molecule has 59 heavy (non-hydrogen) atoms. The summed E-state index contributed by atoms with van der Waals surface area (Å²) in [5.41, 5.74) is 11.2. The Bertz CT molecular complexity index is 2120. The molecule has 0 saturated carbocycles. The van der Waals surface area contributed by atoms with Gasteiger partial charge in [0.05, 0.1) is 42.0 Å². The second-order valence-electron chi connectivity index (χ2n) is 14.7. The number of fused-ring (bicyclic) bond motifs is 2. The van der Waals surface area contributed by atoms with Crippen LogP contribution in [0, 0.1) is 5.41 Å². The summed E-state index contributed by atoms with van der Waals surface area (Å²) in [4.78, 5) is 52.8. The summed E-state index contributed by atoms with van der Waals surface area (Å²) in [6.07, 6.45) is 2.96. The Morgan fingerprint density at radius 3 is 1.61 bits per heavy atom. The van der Waals surface area contributed by atoms with Crippen LogP contribution in [-0.4, -0.2) is 75.0 Å². The smallest absolute Gasteiger partial charge is 0.339 e. The van der Waals surface area contributed by atoms with Crippen LogP contribution in [0.3, 0.4) is 0 Å². The standard InChI is InChI=1S/C10H11ClN2S.C10H12N2OS.C10H15NOS.C4H10O2.C2H5NO2.CH3N.Cl3OP/c1-10(2,3)7-4-6-8(11)12-5-13-9(6)14-7;1-10(2,3)7-4-6-8(13)11-5-12-9(6)14-7;1-6(12)9-7(11)5-8(13-9)10(2,3)4;1-2-6-4-3-5;3-1-2(4)5;1-2;1-5(2,3)4/h4-5H,1-3H3;4-5H,1-3H3,(H,11,12,13);5H,11H2,1-4H3;5H,2-4H2,1H3;1,3H2,(H,4,5);2H,1H2;. The van der Waals surface area contributed by atoms with E-state index >= 15 is 0 Å². The van der Waals surface area contributed by atoms with Gasteiger partial charge in [-0.3, -0.25) is 18.9 Å². The van der Waals surface area contributed by atoms with E-state index in [0.29, 0.717) is 34.3 Å². The summed E-state index contributed by atoms with van der Waals surface area (Å²) in [7, 11) is 0. The van der Waals surface area contributed by atoms with Crippen molar-refractivity contribution in [2.75, 3.05) is 32.1 Å². The molecule has 5 heterocycles. The number of aliphatic hydroxyl groups excluding tert-OH is 1. The van der Waals surface area contributed by atoms with Gasteiger partial charge < -0.3 is 36.8 Å². The zero-order valence-electron chi connectivity index (χ0n) is 35.0. The number of carboxylic acid groups (broad SMARTS) is 1. The molecule has 5 aromatic heterocycles. The van der Waals surface area contributed by atoms with Crippen molar-refractivity contribution in [3.05, 3.63) is 65.9 Å². The highest BCUT2D eigenvalue weighted by Crippen LogP contribution is 2.61. The molecule has 0 aliphatic rings. The van der Waals surface area contributed by atoms with Crippen molar-refractivity contribution in [1.29, 1.82) is 5.41 Å². The van der Waals surface area contributed by atoms with Crippen LogP contribution >= 0.6 is 84.5 Å². The van der Waals surface area contributed by atoms with Gasteiger partial charge in [0.15, 0.2) is 5.78 Å². The van der Waals surface area contributed by atoms with Gasteiger partial charge in [0.25, 0.3) is 5.56 Å². The molecule has 0 radical (unpaired) electrons. The summed E-state index contributed by atoms with van der Waals surface area (Å²) in [6, 6.07) is 5.93. The first-order valence-electron chi connectivity index (χ1n) is 17.4. The van der Waals surface area contributed by atoms with E-state index < -0.39 is 11.2 Å². The summed E-state index contributed by atoms with van der Waals surface area (Å²) in [5, 5.41) is 20.1. The van der Waals surface area contributed by atoms with Crippen molar-refractivity contribution in [3.8, 4) is 0 Å². The fourth-order valence-corrected chi connectivity index (χ4v) is 7.08. The van der Waals surface area contributed by atoms with Crippen molar-refractivity contribution in [1.82, 2.24) is 19.9 Å². The van der Waals surface area contributed by atoms with E-state index in [1.807, 2.05) is 19.1 Å². The molecule has 5 aromatic rings. The lowest BCUT2D eigenvalue weighted by Crippen LogP contribution is -2.10. The third-order valence-corrected chi connectivity index (χ3v) is 11.4. The molecule has 0 bridgehead atoms. The van der Waals surface area contributed by atoms with Crippen LogP contribution in [0.2, 0.25) is 5.15 Å². The minimum atomic E-state index is -3.22. The van der Waals surface area contributed by atoms with Gasteiger partial charge in [-0.25, -0.2) is 15.0 Å². The number of thiophene rings is 3. The number of hydrogen-bond acceptors (Lipinski definition) is 15. The van der Waals surface area contributed by atoms with E-state index in [0.717, 1.165) is 19.9 Å². The van der Waals surface area contributed by atoms with Crippen molar-refractivity contribution in [3.63, 3.8) is 0 Å². The fourth-order valence-electron chi connectivity index (χ4n) is 3.69. The lowest BCUT2D eigenvalue weighted by Gasteiger charge is -2.14. The monoisotopic (exact) mass is 977 g/mol. The van der Waals surface area contributed by atoms with Crippen LogP contribution < -0.4 is 17.0 Å². The van der Waals surface area contributed by atoms with Gasteiger partial charge in [-0.1, -0.05) is 73.9 Å². The SMILES string of the molecule is C=N.CC(=O)c1sc(C(C)(C)C)cc1N.CC(C)(C)c1cc2c(=O)[nH]cnc2s1.CC(C)(C)c1cc2c(Cl)ncnc2s1.CCOCCO.NCC(=O)O.O=P(Cl)(Cl)Cl. The number of aliphatic hydroxyl groups is 1. The fraction of sp³-hybridized carbons (Fsp3) is 0.486. The number of nitrogens with two attached hydrogens (primary N) is 2. The number of carbonyl (C=O) groups is 2. The molecule has 5 rings (SSSR count). The van der Waals surface area contributed by atoms with Crippen LogP contribution in [0.15, 0.2) is 35.6 Å². The summed E-state index contributed by atoms with van der Waals surface area (Å²) >= 11 is 24.6. The molecule has 0 unspecified atom stereocenters. The number of carbonyl (C=O) groups excluding carboxylic acids is 1. The number of Topliss-reactive ketones (excluding diaryl/α,β-unsaturated/α-hetero) is 1. The van der Waals surface area contributed by atoms with Gasteiger partial charge >= 0.3 is 11.2 Å². The first-order valence-corrected chi connectivity index (χ1v) is 24.7. The first-order chi connectivity index (χ1) is 27.0. The number of H-pyrrole nitrogens is 1. The lowest BCUT2D eigenvalue weighted by atomic mass is 9.94. The van der Waals surface area contributed by atoms with Crippen LogP contribution in [-0.2, 0) is 30.3 Å². The number of nitrogen functional groups attached to an aromatic ring is 1. The number of anilines is 1. The molecule has 8 N–H and O–H groups in total. The molecular formula is C37H56Cl4N7O7PS3. The molecule has 0 fully saturated rings. The Hall–Kier alpha value is -2.54. The molecule has 0 aliphatic heterocycles. The maximum absolute atomic E-state index is 11.4. The highest BCUT2D eigenvalue weighted by Gasteiger charge is 2.21. The Labute approximate surface area is 377 Å². The Morgan fingerprint density at radius 1 is 0.881 bits per heavy atom. The number of halogens is 4. The van der Waals surface area contributed by atoms with Gasteiger partial charge in [0.1, 0.15) is 21.1 Å². The van der Waals surface area contributed by atoms with Crippen molar-refractivity contribution in [2.45, 2.75) is 92.4 Å². The zero-order chi connectivity index (χ0) is 46.5. The molecule has 0 aliphatic carbocycles. The summed E-state index contributed by atoms with van der Waals surface area (Å²) < 4.78 is 14.2. The quantitative estimate of drug-likeness (QED) is 0.0316. The third-order valence-electron chi connectivity index (χ3n) is 6.53. The average molecular weight is 980 g/mol. The Morgan fingerprint density at radius 2 is 1.31 bits per heavy atom. The number of aromatic nitrogens is 4. The van der Waals surface area contributed by atoms with E-state index in [9.17, 15) is 18.9 Å². The predicted molar refractivity (Wildman–Crippen MR) is 253 cm³/mol. The topological polar surface area (TPSA) is 248 Å². The number of ketones is 1. The maximum Gasteiger partial charge on any atom is 0.339 e. The minimum absolute atomic E-state index is 0.0537. The van der Waals surface area contributed by atoms with Crippen LogP contribution in [0.1, 0.15) is 100 Å². The highest BCUT2D eigenvalue weighted by atomic mass is 36.0. The van der Waals surface area contributed by atoms with E-state index in [-0.39, 0.29) is 40.7 Å². The number of aliphatic carboxylic acids is 1. The Balaban J connectivity index is 0. The first kappa shape index (κ1) is 58.6. The number of carboxylic acids is 1. The Kier molecular flexibility index (Phi) is 27.2. The van der Waals surface area contributed by atoms with E-state index in [1.54, 1.807) is 29.6 Å². The normalized spacial score (nSPS) is 11.0. The number of nitrogens with one attached hydrogen (secondary N) is 2. The number of ether oxygens (including phenoxy) is 1. The molecule has 0 spiro atoms. The third kappa shape index (κ3) is 24.5. The van der Waals surface area contributed by atoms with Gasteiger partial charge in [-0.15, -0.1) is 34.0 Å². The average Bonchev–Trinajstić information content (AvgIpc) is 3.86. The van der Waals surface area contributed by atoms with E-state index in [1.165, 1.54) is 33.7 Å². The molecule has 332 valence electrons. The number of rotatable bonds is 5. The van der Waals surface area contributed by atoms with E-state index in [4.69, 9.17) is 37.7 Å². The molecule has 0 aromatic carbocycles. The number of aromatic amines is 1. The molecule has 0 saturated heterocycles. The minimum Gasteiger partial charge on any atom is -0.480 e. The zero-order valence-corrected chi connectivity index (χ0v) is 41.4.